The van der Waals surface area contributed by atoms with Gasteiger partial charge in [-0.15, -0.1) is 4.91 Å². The van der Waals surface area contributed by atoms with Crippen LogP contribution in [0.5, 0.6) is 0 Å². The lowest BCUT2D eigenvalue weighted by molar-refractivity contribution is -0.120. The number of carbonyl (C=O) groups is 2. The molecule has 3 rings (SSSR count). The lowest BCUT2D eigenvalue weighted by atomic mass is 10.0. The molecule has 132 valence electrons. The Labute approximate surface area is 152 Å². The molecule has 0 radical (unpaired) electrons. The van der Waals surface area contributed by atoms with E-state index in [0.717, 1.165) is 22.4 Å². The van der Waals surface area contributed by atoms with E-state index in [9.17, 15) is 14.5 Å². The van der Waals surface area contributed by atoms with Gasteiger partial charge in [0.25, 0.3) is 5.91 Å². The molecule has 0 fully saturated rings. The maximum absolute atomic E-state index is 12.9. The van der Waals surface area contributed by atoms with Gasteiger partial charge in [-0.3, -0.25) is 9.59 Å². The SMILES string of the molecule is O=NC(=O)CCCCC(=O)N1Cc2ccccc2/C=C\c2ccccc21. The van der Waals surface area contributed by atoms with Gasteiger partial charge in [0.2, 0.25) is 5.91 Å². The van der Waals surface area contributed by atoms with Gasteiger partial charge < -0.3 is 4.90 Å². The van der Waals surface area contributed by atoms with Crippen molar-refractivity contribution in [2.75, 3.05) is 4.90 Å². The van der Waals surface area contributed by atoms with Crippen LogP contribution in [0.2, 0.25) is 0 Å². The Balaban J connectivity index is 1.81. The van der Waals surface area contributed by atoms with Crippen LogP contribution in [-0.4, -0.2) is 11.8 Å². The van der Waals surface area contributed by atoms with Gasteiger partial charge in [0.1, 0.15) is 0 Å². The molecule has 2 amide bonds. The molecule has 1 aliphatic rings. The first-order valence-electron chi connectivity index (χ1n) is 8.70. The summed E-state index contributed by atoms with van der Waals surface area (Å²) in [5.74, 6) is -0.651. The number of nitrogens with zero attached hydrogens (tertiary/aromatic N) is 2. The van der Waals surface area contributed by atoms with E-state index >= 15 is 0 Å². The summed E-state index contributed by atoms with van der Waals surface area (Å²) in [4.78, 5) is 35.8. The summed E-state index contributed by atoms with van der Waals surface area (Å²) >= 11 is 0. The van der Waals surface area contributed by atoms with Gasteiger partial charge in [-0.2, -0.15) is 0 Å². The van der Waals surface area contributed by atoms with Crippen LogP contribution in [0.25, 0.3) is 12.2 Å². The third-order valence-corrected chi connectivity index (χ3v) is 4.49. The zero-order chi connectivity index (χ0) is 18.4. The number of amides is 2. The second kappa shape index (κ2) is 8.34. The number of para-hydroxylation sites is 1. The number of benzene rings is 2. The van der Waals surface area contributed by atoms with E-state index in [0.29, 0.717) is 25.8 Å². The molecule has 0 N–H and O–H groups in total. The molecule has 5 heteroatoms. The first kappa shape index (κ1) is 17.7. The first-order chi connectivity index (χ1) is 12.7. The molecule has 0 bridgehead atoms. The minimum absolute atomic E-state index is 0.00839. The molecule has 0 spiro atoms. The van der Waals surface area contributed by atoms with Crippen LogP contribution in [0.4, 0.5) is 5.69 Å². The van der Waals surface area contributed by atoms with Crippen molar-refractivity contribution in [1.82, 2.24) is 0 Å². The molecule has 0 saturated carbocycles. The highest BCUT2D eigenvalue weighted by Crippen LogP contribution is 2.29. The van der Waals surface area contributed by atoms with Crippen molar-refractivity contribution in [3.05, 3.63) is 70.1 Å². The van der Waals surface area contributed by atoms with Gasteiger partial charge in [-0.1, -0.05) is 54.6 Å². The molecule has 1 heterocycles. The maximum Gasteiger partial charge on any atom is 0.286 e. The van der Waals surface area contributed by atoms with Crippen LogP contribution in [0, 0.1) is 4.91 Å². The Bertz CT molecular complexity index is 858. The summed E-state index contributed by atoms with van der Waals surface area (Å²) in [6.45, 7) is 0.505. The average molecular weight is 348 g/mol. The minimum Gasteiger partial charge on any atom is -0.307 e. The van der Waals surface area contributed by atoms with Crippen molar-refractivity contribution in [2.24, 2.45) is 5.18 Å². The van der Waals surface area contributed by atoms with E-state index in [-0.39, 0.29) is 12.3 Å². The largest absolute Gasteiger partial charge is 0.307 e. The highest BCUT2D eigenvalue weighted by atomic mass is 16.3. The fraction of sp³-hybridized carbons (Fsp3) is 0.238. The third-order valence-electron chi connectivity index (χ3n) is 4.49. The monoisotopic (exact) mass is 348 g/mol. The highest BCUT2D eigenvalue weighted by molar-refractivity contribution is 5.97. The van der Waals surface area contributed by atoms with Crippen molar-refractivity contribution in [3.8, 4) is 0 Å². The van der Waals surface area contributed by atoms with Crippen molar-refractivity contribution in [3.63, 3.8) is 0 Å². The van der Waals surface area contributed by atoms with Gasteiger partial charge >= 0.3 is 0 Å². The molecule has 0 saturated heterocycles. The number of fused-ring (bicyclic) bond motifs is 2. The molecule has 26 heavy (non-hydrogen) atoms. The van der Waals surface area contributed by atoms with Crippen molar-refractivity contribution in [1.29, 1.82) is 0 Å². The summed E-state index contributed by atoms with van der Waals surface area (Å²) in [5.41, 5.74) is 4.07. The second-order valence-electron chi connectivity index (χ2n) is 6.26. The zero-order valence-corrected chi connectivity index (χ0v) is 14.4. The normalized spacial score (nSPS) is 13.8. The molecule has 2 aromatic carbocycles. The van der Waals surface area contributed by atoms with Gasteiger partial charge in [0.15, 0.2) is 0 Å². The quantitative estimate of drug-likeness (QED) is 0.588. The topological polar surface area (TPSA) is 66.8 Å². The Hall–Kier alpha value is -3.08. The predicted octanol–water partition coefficient (Wildman–Crippen LogP) is 4.56. The van der Waals surface area contributed by atoms with Crippen LogP contribution in [0.3, 0.4) is 0 Å². The number of carbonyl (C=O) groups excluding carboxylic acids is 2. The summed E-state index contributed by atoms with van der Waals surface area (Å²) in [5, 5.41) is 2.38. The first-order valence-corrected chi connectivity index (χ1v) is 8.70. The summed E-state index contributed by atoms with van der Waals surface area (Å²) in [7, 11) is 0. The van der Waals surface area contributed by atoms with E-state index in [1.54, 1.807) is 4.90 Å². The second-order valence-corrected chi connectivity index (χ2v) is 6.26. The van der Waals surface area contributed by atoms with Crippen LogP contribution in [0.1, 0.15) is 42.4 Å². The van der Waals surface area contributed by atoms with E-state index in [1.165, 1.54) is 0 Å². The number of unbranched alkanes of at least 4 members (excludes halogenated alkanes) is 1. The maximum atomic E-state index is 12.9. The van der Waals surface area contributed by atoms with Gasteiger partial charge in [0.05, 0.1) is 12.2 Å². The van der Waals surface area contributed by atoms with Crippen LogP contribution < -0.4 is 4.90 Å². The van der Waals surface area contributed by atoms with Crippen molar-refractivity contribution < 1.29 is 9.59 Å². The van der Waals surface area contributed by atoms with E-state index < -0.39 is 5.91 Å². The average Bonchev–Trinajstić information content (AvgIpc) is 2.66. The number of anilines is 1. The Morgan fingerprint density at radius 1 is 0.885 bits per heavy atom. The predicted molar refractivity (Wildman–Crippen MR) is 102 cm³/mol. The molecule has 0 unspecified atom stereocenters. The summed E-state index contributed by atoms with van der Waals surface area (Å²) < 4.78 is 0. The smallest absolute Gasteiger partial charge is 0.286 e. The van der Waals surface area contributed by atoms with Gasteiger partial charge in [-0.25, -0.2) is 0 Å². The molecular weight excluding hydrogens is 328 g/mol. The Morgan fingerprint density at radius 3 is 2.35 bits per heavy atom. The summed E-state index contributed by atoms with van der Waals surface area (Å²) in [6, 6.07) is 15.9. The molecular formula is C21H20N2O3. The van der Waals surface area contributed by atoms with E-state index in [4.69, 9.17) is 0 Å². The fourth-order valence-electron chi connectivity index (χ4n) is 3.11. The third kappa shape index (κ3) is 4.11. The molecule has 2 aromatic rings. The molecule has 1 aliphatic heterocycles. The lowest BCUT2D eigenvalue weighted by Crippen LogP contribution is -2.31. The van der Waals surface area contributed by atoms with Crippen molar-refractivity contribution >= 4 is 29.7 Å². The number of nitroso groups, excluding NO2 is 1. The van der Waals surface area contributed by atoms with Gasteiger partial charge in [-0.05, 0) is 35.6 Å². The fourth-order valence-corrected chi connectivity index (χ4v) is 3.11. The summed E-state index contributed by atoms with van der Waals surface area (Å²) in [6.07, 6.45) is 5.57. The number of hydrogen-bond acceptors (Lipinski definition) is 3. The van der Waals surface area contributed by atoms with Gasteiger partial charge in [0, 0.05) is 18.0 Å². The molecule has 5 nitrogen and oxygen atoms in total. The van der Waals surface area contributed by atoms with Crippen LogP contribution in [0.15, 0.2) is 53.7 Å². The van der Waals surface area contributed by atoms with Crippen molar-refractivity contribution in [2.45, 2.75) is 32.2 Å². The minimum atomic E-state index is -0.659. The van der Waals surface area contributed by atoms with E-state index in [2.05, 4.69) is 11.3 Å². The molecule has 0 atom stereocenters. The zero-order valence-electron chi connectivity index (χ0n) is 14.4. The standard InChI is InChI=1S/C21H20N2O3/c24-20(22-26)11-5-6-12-21(25)23-15-18-9-2-1-7-16(18)13-14-17-8-3-4-10-19(17)23/h1-4,7-10,13-14H,5-6,11-12,15H2/b14-13-. The van der Waals surface area contributed by atoms with Crippen LogP contribution >= 0.6 is 0 Å². The molecule has 0 aliphatic carbocycles. The van der Waals surface area contributed by atoms with Crippen LogP contribution in [-0.2, 0) is 16.1 Å². The lowest BCUT2D eigenvalue weighted by Gasteiger charge is -2.27. The molecule has 0 aromatic heterocycles. The Morgan fingerprint density at radius 2 is 1.54 bits per heavy atom. The van der Waals surface area contributed by atoms with E-state index in [1.807, 2.05) is 54.6 Å². The number of rotatable bonds is 5. The Kier molecular flexibility index (Phi) is 5.69. The number of hydrogen-bond donors (Lipinski definition) is 0. The highest BCUT2D eigenvalue weighted by Gasteiger charge is 2.20.